The smallest absolute Gasteiger partial charge is 0.223 e. The maximum absolute atomic E-state index is 12.5. The molecule has 0 bridgehead atoms. The summed E-state index contributed by atoms with van der Waals surface area (Å²) in [5.74, 6) is 1.12. The number of rotatable bonds is 4. The molecule has 1 amide bonds. The second kappa shape index (κ2) is 6.17. The number of aryl methyl sites for hydroxylation is 1. The van der Waals surface area contributed by atoms with Crippen LogP contribution in [-0.2, 0) is 11.2 Å². The lowest BCUT2D eigenvalue weighted by Crippen LogP contribution is -2.39. The predicted molar refractivity (Wildman–Crippen MR) is 77.3 cm³/mol. The second-order valence-corrected chi connectivity index (χ2v) is 5.77. The normalized spacial score (nSPS) is 19.2. The maximum Gasteiger partial charge on any atom is 0.223 e. The summed E-state index contributed by atoms with van der Waals surface area (Å²) in [6, 6.07) is 0.113. The summed E-state index contributed by atoms with van der Waals surface area (Å²) in [5.41, 5.74) is 2.82. The number of thiazole rings is 1. The number of imidazole rings is 1. The largest absolute Gasteiger partial charge is 0.347 e. The zero-order valence-corrected chi connectivity index (χ0v) is 12.1. The fraction of sp³-hybridized carbons (Fsp3) is 0.500. The first-order valence-corrected chi connectivity index (χ1v) is 7.94. The fourth-order valence-corrected chi connectivity index (χ4v) is 3.31. The Morgan fingerprint density at radius 2 is 2.40 bits per heavy atom. The number of aromatic nitrogens is 3. The van der Waals surface area contributed by atoms with E-state index < -0.39 is 0 Å². The van der Waals surface area contributed by atoms with Crippen LogP contribution in [0.2, 0.25) is 0 Å². The van der Waals surface area contributed by atoms with Gasteiger partial charge in [-0.15, -0.1) is 11.3 Å². The van der Waals surface area contributed by atoms with Crippen molar-refractivity contribution in [3.05, 3.63) is 34.8 Å². The lowest BCUT2D eigenvalue weighted by atomic mass is 10.0. The Bertz CT molecular complexity index is 538. The molecule has 1 N–H and O–H groups in total. The number of carbonyl (C=O) groups is 1. The Kier molecular flexibility index (Phi) is 4.11. The molecule has 2 aromatic heterocycles. The van der Waals surface area contributed by atoms with Crippen molar-refractivity contribution >= 4 is 17.2 Å². The van der Waals surface area contributed by atoms with Crippen LogP contribution >= 0.6 is 11.3 Å². The van der Waals surface area contributed by atoms with Crippen LogP contribution in [0, 0.1) is 0 Å². The fourth-order valence-electron chi connectivity index (χ4n) is 2.71. The number of likely N-dealkylation sites (tertiary alicyclic amines) is 1. The molecular formula is C14H18N4OS. The van der Waals surface area contributed by atoms with Gasteiger partial charge < -0.3 is 9.88 Å². The molecule has 1 atom stereocenters. The zero-order valence-electron chi connectivity index (χ0n) is 11.3. The molecule has 1 aliphatic heterocycles. The molecule has 3 heterocycles. The van der Waals surface area contributed by atoms with Gasteiger partial charge in [-0.1, -0.05) is 0 Å². The van der Waals surface area contributed by atoms with E-state index in [9.17, 15) is 4.79 Å². The molecule has 1 aliphatic rings. The molecule has 0 aliphatic carbocycles. The van der Waals surface area contributed by atoms with Crippen LogP contribution in [0.5, 0.6) is 0 Å². The highest BCUT2D eigenvalue weighted by Crippen LogP contribution is 2.29. The molecule has 1 unspecified atom stereocenters. The van der Waals surface area contributed by atoms with Crippen molar-refractivity contribution in [2.24, 2.45) is 0 Å². The molecule has 3 rings (SSSR count). The van der Waals surface area contributed by atoms with Gasteiger partial charge in [0.05, 0.1) is 17.2 Å². The van der Waals surface area contributed by atoms with Gasteiger partial charge in [0.15, 0.2) is 0 Å². The standard InChI is InChI=1S/C14H18N4OS/c19-13(5-4-11-9-20-10-17-11)18-8-2-1-3-12(18)14-15-6-7-16-14/h6-7,9-10,12H,1-5,8H2,(H,15,16). The molecule has 1 saturated heterocycles. The van der Waals surface area contributed by atoms with Crippen LogP contribution in [0.25, 0.3) is 0 Å². The first kappa shape index (κ1) is 13.3. The molecule has 106 valence electrons. The number of nitrogens with one attached hydrogen (secondary N) is 1. The average molecular weight is 290 g/mol. The Morgan fingerprint density at radius 3 is 3.15 bits per heavy atom. The van der Waals surface area contributed by atoms with Gasteiger partial charge in [-0.3, -0.25) is 4.79 Å². The molecule has 1 fully saturated rings. The third-order valence-corrected chi connectivity index (χ3v) is 4.37. The van der Waals surface area contributed by atoms with E-state index in [1.165, 1.54) is 0 Å². The molecule has 0 saturated carbocycles. The number of aromatic amines is 1. The number of hydrogen-bond acceptors (Lipinski definition) is 4. The van der Waals surface area contributed by atoms with Gasteiger partial charge in [0, 0.05) is 30.7 Å². The maximum atomic E-state index is 12.5. The summed E-state index contributed by atoms with van der Waals surface area (Å²) in [4.78, 5) is 26.1. The van der Waals surface area contributed by atoms with Gasteiger partial charge in [-0.05, 0) is 25.7 Å². The highest BCUT2D eigenvalue weighted by atomic mass is 32.1. The minimum Gasteiger partial charge on any atom is -0.347 e. The molecular weight excluding hydrogens is 272 g/mol. The SMILES string of the molecule is O=C(CCc1cscn1)N1CCCCC1c1ncc[nH]1. The quantitative estimate of drug-likeness (QED) is 0.941. The van der Waals surface area contributed by atoms with Gasteiger partial charge in [-0.2, -0.15) is 0 Å². The minimum absolute atomic E-state index is 0.113. The molecule has 0 radical (unpaired) electrons. The van der Waals surface area contributed by atoms with E-state index in [4.69, 9.17) is 0 Å². The third-order valence-electron chi connectivity index (χ3n) is 3.74. The summed E-state index contributed by atoms with van der Waals surface area (Å²) in [7, 11) is 0. The summed E-state index contributed by atoms with van der Waals surface area (Å²) >= 11 is 1.57. The summed E-state index contributed by atoms with van der Waals surface area (Å²) in [5, 5.41) is 2.01. The van der Waals surface area contributed by atoms with Crippen LogP contribution in [0.3, 0.4) is 0 Å². The summed E-state index contributed by atoms with van der Waals surface area (Å²) < 4.78 is 0. The van der Waals surface area contributed by atoms with Crippen molar-refractivity contribution in [3.8, 4) is 0 Å². The van der Waals surface area contributed by atoms with Gasteiger partial charge in [0.1, 0.15) is 5.82 Å². The first-order valence-electron chi connectivity index (χ1n) is 7.00. The van der Waals surface area contributed by atoms with Gasteiger partial charge in [0.25, 0.3) is 0 Å². The van der Waals surface area contributed by atoms with Crippen molar-refractivity contribution < 1.29 is 4.79 Å². The number of carbonyl (C=O) groups excluding carboxylic acids is 1. The van der Waals surface area contributed by atoms with E-state index in [0.29, 0.717) is 6.42 Å². The third kappa shape index (κ3) is 2.90. The number of amides is 1. The van der Waals surface area contributed by atoms with Crippen LogP contribution in [0.4, 0.5) is 0 Å². The molecule has 2 aromatic rings. The van der Waals surface area contributed by atoms with Crippen molar-refractivity contribution in [1.29, 1.82) is 0 Å². The number of nitrogens with zero attached hydrogens (tertiary/aromatic N) is 3. The minimum atomic E-state index is 0.113. The van der Waals surface area contributed by atoms with E-state index >= 15 is 0 Å². The van der Waals surface area contributed by atoms with E-state index in [1.54, 1.807) is 17.5 Å². The van der Waals surface area contributed by atoms with Crippen LogP contribution in [0.1, 0.15) is 43.2 Å². The lowest BCUT2D eigenvalue weighted by molar-refractivity contribution is -0.135. The van der Waals surface area contributed by atoms with E-state index in [0.717, 1.165) is 43.7 Å². The molecule has 20 heavy (non-hydrogen) atoms. The monoisotopic (exact) mass is 290 g/mol. The zero-order chi connectivity index (χ0) is 13.8. The summed E-state index contributed by atoms with van der Waals surface area (Å²) in [6.07, 6.45) is 8.06. The van der Waals surface area contributed by atoms with Crippen molar-refractivity contribution in [2.75, 3.05) is 6.54 Å². The van der Waals surface area contributed by atoms with E-state index in [-0.39, 0.29) is 11.9 Å². The predicted octanol–water partition coefficient (Wildman–Crippen LogP) is 2.55. The lowest BCUT2D eigenvalue weighted by Gasteiger charge is -2.34. The van der Waals surface area contributed by atoms with Crippen LogP contribution < -0.4 is 0 Å². The number of piperidine rings is 1. The highest BCUT2D eigenvalue weighted by Gasteiger charge is 2.29. The molecule has 0 spiro atoms. The van der Waals surface area contributed by atoms with Crippen molar-refractivity contribution in [1.82, 2.24) is 19.9 Å². The van der Waals surface area contributed by atoms with Gasteiger partial charge >= 0.3 is 0 Å². The van der Waals surface area contributed by atoms with Crippen LogP contribution in [-0.4, -0.2) is 32.3 Å². The second-order valence-electron chi connectivity index (χ2n) is 5.05. The Balaban J connectivity index is 1.65. The number of H-pyrrole nitrogens is 1. The molecule has 0 aromatic carbocycles. The van der Waals surface area contributed by atoms with E-state index in [2.05, 4.69) is 15.0 Å². The first-order chi connectivity index (χ1) is 9.84. The van der Waals surface area contributed by atoms with Crippen LogP contribution in [0.15, 0.2) is 23.3 Å². The topological polar surface area (TPSA) is 61.9 Å². The average Bonchev–Trinajstić information content (AvgIpc) is 3.18. The van der Waals surface area contributed by atoms with Crippen molar-refractivity contribution in [3.63, 3.8) is 0 Å². The summed E-state index contributed by atoms with van der Waals surface area (Å²) in [6.45, 7) is 0.835. The molecule has 5 nitrogen and oxygen atoms in total. The Labute approximate surface area is 122 Å². The molecule has 6 heteroatoms. The van der Waals surface area contributed by atoms with Crippen molar-refractivity contribution in [2.45, 2.75) is 38.1 Å². The Morgan fingerprint density at radius 1 is 1.45 bits per heavy atom. The highest BCUT2D eigenvalue weighted by molar-refractivity contribution is 7.07. The number of hydrogen-bond donors (Lipinski definition) is 1. The van der Waals surface area contributed by atoms with Gasteiger partial charge in [-0.25, -0.2) is 9.97 Å². The Hall–Kier alpha value is -1.69. The van der Waals surface area contributed by atoms with E-state index in [1.807, 2.05) is 22.0 Å². The van der Waals surface area contributed by atoms with Gasteiger partial charge in [0.2, 0.25) is 5.91 Å².